The summed E-state index contributed by atoms with van der Waals surface area (Å²) in [6, 6.07) is 0. The van der Waals surface area contributed by atoms with Crippen LogP contribution in [0.3, 0.4) is 0 Å². The summed E-state index contributed by atoms with van der Waals surface area (Å²) in [5, 5.41) is 0. The SMILES string of the molecule is CCC1CCCN(CC(C)C(N)=S)CC1. The van der Waals surface area contributed by atoms with Gasteiger partial charge in [0.15, 0.2) is 0 Å². The molecule has 2 atom stereocenters. The van der Waals surface area contributed by atoms with Gasteiger partial charge >= 0.3 is 0 Å². The van der Waals surface area contributed by atoms with E-state index in [0.29, 0.717) is 10.9 Å². The van der Waals surface area contributed by atoms with E-state index < -0.39 is 0 Å². The van der Waals surface area contributed by atoms with Crippen molar-refractivity contribution in [3.63, 3.8) is 0 Å². The van der Waals surface area contributed by atoms with Crippen molar-refractivity contribution in [2.75, 3.05) is 19.6 Å². The van der Waals surface area contributed by atoms with Gasteiger partial charge in [0, 0.05) is 12.5 Å². The molecule has 2 nitrogen and oxygen atoms in total. The third kappa shape index (κ3) is 4.47. The molecule has 0 aromatic rings. The molecule has 15 heavy (non-hydrogen) atoms. The van der Waals surface area contributed by atoms with Crippen molar-refractivity contribution < 1.29 is 0 Å². The number of rotatable bonds is 4. The zero-order valence-electron chi connectivity index (χ0n) is 10.0. The van der Waals surface area contributed by atoms with Gasteiger partial charge in [-0.25, -0.2) is 0 Å². The molecule has 1 aliphatic heterocycles. The Hall–Kier alpha value is -0.150. The lowest BCUT2D eigenvalue weighted by Gasteiger charge is -2.23. The molecule has 0 amide bonds. The fourth-order valence-electron chi connectivity index (χ4n) is 2.29. The molecule has 2 unspecified atom stereocenters. The molecule has 0 bridgehead atoms. The van der Waals surface area contributed by atoms with Crippen LogP contribution in [0.25, 0.3) is 0 Å². The highest BCUT2D eigenvalue weighted by molar-refractivity contribution is 7.80. The predicted octanol–water partition coefficient (Wildman–Crippen LogP) is 2.42. The molecular formula is C12H24N2S. The first-order chi connectivity index (χ1) is 7.13. The second-order valence-corrected chi connectivity index (χ2v) is 5.28. The monoisotopic (exact) mass is 228 g/mol. The van der Waals surface area contributed by atoms with E-state index in [-0.39, 0.29) is 0 Å². The highest BCUT2D eigenvalue weighted by Crippen LogP contribution is 2.20. The van der Waals surface area contributed by atoms with Gasteiger partial charge in [-0.1, -0.05) is 32.5 Å². The molecule has 0 aliphatic carbocycles. The van der Waals surface area contributed by atoms with E-state index in [1.54, 1.807) is 0 Å². The Labute approximate surface area is 99.2 Å². The normalized spacial score (nSPS) is 25.9. The van der Waals surface area contributed by atoms with Gasteiger partial charge in [-0.15, -0.1) is 0 Å². The second kappa shape index (κ2) is 6.44. The van der Waals surface area contributed by atoms with Gasteiger partial charge in [-0.2, -0.15) is 0 Å². The lowest BCUT2D eigenvalue weighted by Crippen LogP contribution is -2.34. The van der Waals surface area contributed by atoms with Crippen LogP contribution in [0.5, 0.6) is 0 Å². The Morgan fingerprint density at radius 1 is 1.47 bits per heavy atom. The Balaban J connectivity index is 2.34. The van der Waals surface area contributed by atoms with Crippen molar-refractivity contribution in [1.82, 2.24) is 4.90 Å². The topological polar surface area (TPSA) is 29.3 Å². The van der Waals surface area contributed by atoms with Crippen LogP contribution in [0.4, 0.5) is 0 Å². The minimum Gasteiger partial charge on any atom is -0.393 e. The van der Waals surface area contributed by atoms with Gasteiger partial charge in [0.2, 0.25) is 0 Å². The first kappa shape index (κ1) is 12.9. The van der Waals surface area contributed by atoms with E-state index >= 15 is 0 Å². The zero-order chi connectivity index (χ0) is 11.3. The molecule has 0 saturated carbocycles. The van der Waals surface area contributed by atoms with Gasteiger partial charge in [0.05, 0.1) is 4.99 Å². The molecule has 0 aromatic carbocycles. The maximum absolute atomic E-state index is 5.65. The van der Waals surface area contributed by atoms with Crippen LogP contribution in [-0.2, 0) is 0 Å². The smallest absolute Gasteiger partial charge is 0.0768 e. The van der Waals surface area contributed by atoms with E-state index in [1.807, 2.05) is 0 Å². The summed E-state index contributed by atoms with van der Waals surface area (Å²) in [7, 11) is 0. The van der Waals surface area contributed by atoms with E-state index in [1.165, 1.54) is 38.8 Å². The van der Waals surface area contributed by atoms with E-state index in [0.717, 1.165) is 12.5 Å². The third-order valence-corrected chi connectivity index (χ3v) is 3.94. The molecule has 2 N–H and O–H groups in total. The molecule has 0 spiro atoms. The minimum atomic E-state index is 0.359. The Kier molecular flexibility index (Phi) is 5.54. The number of nitrogens with zero attached hydrogens (tertiary/aromatic N) is 1. The molecule has 3 heteroatoms. The van der Waals surface area contributed by atoms with Gasteiger partial charge < -0.3 is 10.6 Å². The largest absolute Gasteiger partial charge is 0.393 e. The number of hydrogen-bond acceptors (Lipinski definition) is 2. The molecule has 1 heterocycles. The maximum atomic E-state index is 5.65. The predicted molar refractivity (Wildman–Crippen MR) is 70.0 cm³/mol. The third-order valence-electron chi connectivity index (χ3n) is 3.54. The average Bonchev–Trinajstić information content (AvgIpc) is 2.43. The molecule has 0 aromatic heterocycles. The summed E-state index contributed by atoms with van der Waals surface area (Å²) in [4.78, 5) is 3.19. The highest BCUT2D eigenvalue weighted by Gasteiger charge is 2.17. The summed E-state index contributed by atoms with van der Waals surface area (Å²) < 4.78 is 0. The van der Waals surface area contributed by atoms with Crippen LogP contribution in [-0.4, -0.2) is 29.5 Å². The first-order valence-corrected chi connectivity index (χ1v) is 6.56. The zero-order valence-corrected chi connectivity index (χ0v) is 10.9. The Morgan fingerprint density at radius 2 is 2.20 bits per heavy atom. The standard InChI is InChI=1S/C12H24N2S/c1-3-11-5-4-7-14(8-6-11)9-10(2)12(13)15/h10-11H,3-9H2,1-2H3,(H2,13,15). The quantitative estimate of drug-likeness (QED) is 0.749. The molecule has 1 rings (SSSR count). The van der Waals surface area contributed by atoms with Gasteiger partial charge in [-0.05, 0) is 38.3 Å². The van der Waals surface area contributed by atoms with Crippen molar-refractivity contribution in [3.05, 3.63) is 0 Å². The van der Waals surface area contributed by atoms with Crippen LogP contribution in [0.2, 0.25) is 0 Å². The van der Waals surface area contributed by atoms with Gasteiger partial charge in [0.1, 0.15) is 0 Å². The Bertz CT molecular complexity index is 206. The summed E-state index contributed by atoms with van der Waals surface area (Å²) >= 11 is 5.02. The molecule has 88 valence electrons. The van der Waals surface area contributed by atoms with Crippen molar-refractivity contribution >= 4 is 17.2 Å². The lowest BCUT2D eigenvalue weighted by atomic mass is 9.98. The summed E-state index contributed by atoms with van der Waals surface area (Å²) in [6.07, 6.45) is 5.41. The minimum absolute atomic E-state index is 0.359. The summed E-state index contributed by atoms with van der Waals surface area (Å²) in [5.74, 6) is 1.30. The summed E-state index contributed by atoms with van der Waals surface area (Å²) in [6.45, 7) is 7.93. The van der Waals surface area contributed by atoms with Crippen LogP contribution >= 0.6 is 12.2 Å². The van der Waals surface area contributed by atoms with Crippen LogP contribution in [0, 0.1) is 11.8 Å². The Morgan fingerprint density at radius 3 is 2.80 bits per heavy atom. The first-order valence-electron chi connectivity index (χ1n) is 6.15. The van der Waals surface area contributed by atoms with E-state index in [9.17, 15) is 0 Å². The van der Waals surface area contributed by atoms with Gasteiger partial charge in [-0.3, -0.25) is 0 Å². The van der Waals surface area contributed by atoms with Crippen molar-refractivity contribution in [2.24, 2.45) is 17.6 Å². The molecular weight excluding hydrogens is 204 g/mol. The van der Waals surface area contributed by atoms with Crippen LogP contribution in [0.15, 0.2) is 0 Å². The number of hydrogen-bond donors (Lipinski definition) is 1. The molecule has 1 aliphatic rings. The number of thiocarbonyl (C=S) groups is 1. The second-order valence-electron chi connectivity index (χ2n) is 4.81. The maximum Gasteiger partial charge on any atom is 0.0768 e. The van der Waals surface area contributed by atoms with E-state index in [4.69, 9.17) is 18.0 Å². The van der Waals surface area contributed by atoms with Crippen LogP contribution < -0.4 is 5.73 Å². The van der Waals surface area contributed by atoms with Crippen molar-refractivity contribution in [2.45, 2.75) is 39.5 Å². The average molecular weight is 228 g/mol. The summed E-state index contributed by atoms with van der Waals surface area (Å²) in [5.41, 5.74) is 5.65. The fourth-order valence-corrected chi connectivity index (χ4v) is 2.37. The van der Waals surface area contributed by atoms with Gasteiger partial charge in [0.25, 0.3) is 0 Å². The molecule has 0 radical (unpaired) electrons. The molecule has 1 fully saturated rings. The number of likely N-dealkylation sites (tertiary alicyclic amines) is 1. The van der Waals surface area contributed by atoms with Crippen molar-refractivity contribution in [1.29, 1.82) is 0 Å². The van der Waals surface area contributed by atoms with Crippen LogP contribution in [0.1, 0.15) is 39.5 Å². The van der Waals surface area contributed by atoms with E-state index in [2.05, 4.69) is 18.7 Å². The highest BCUT2D eigenvalue weighted by atomic mass is 32.1. The van der Waals surface area contributed by atoms with Crippen molar-refractivity contribution in [3.8, 4) is 0 Å². The fraction of sp³-hybridized carbons (Fsp3) is 0.917. The lowest BCUT2D eigenvalue weighted by molar-refractivity contribution is 0.265. The molecule has 1 saturated heterocycles. The number of nitrogens with two attached hydrogens (primary N) is 1.